The zero-order chi connectivity index (χ0) is 21.7. The lowest BCUT2D eigenvalue weighted by Crippen LogP contribution is -2.43. The number of carbonyl (C=O) groups is 2. The van der Waals surface area contributed by atoms with Gasteiger partial charge in [0.25, 0.3) is 5.91 Å². The normalized spacial score (nSPS) is 14.6. The number of hydrogen-bond acceptors (Lipinski definition) is 5. The molecule has 30 heavy (non-hydrogen) atoms. The summed E-state index contributed by atoms with van der Waals surface area (Å²) in [5, 5.41) is 3.71. The molecule has 0 radical (unpaired) electrons. The van der Waals surface area contributed by atoms with Crippen molar-refractivity contribution in [3.63, 3.8) is 0 Å². The van der Waals surface area contributed by atoms with E-state index in [4.69, 9.17) is 4.74 Å². The van der Waals surface area contributed by atoms with Crippen LogP contribution in [0, 0.1) is 5.92 Å². The maximum Gasteiger partial charge on any atom is 0.387 e. The van der Waals surface area contributed by atoms with E-state index in [1.54, 1.807) is 29.0 Å². The van der Waals surface area contributed by atoms with Crippen molar-refractivity contribution < 1.29 is 27.8 Å². The molecule has 1 aromatic heterocycles. The molecule has 0 spiro atoms. The van der Waals surface area contributed by atoms with E-state index < -0.39 is 6.61 Å². The number of halogens is 2. The number of piperidine rings is 1. The highest BCUT2D eigenvalue weighted by molar-refractivity contribution is 7.08. The standard InChI is InChI=1S/C21H24F2N2O4S/c1-24(12-14-3-4-17(29-21(22)23)18(11-14)28-2)19(26)15-5-8-25(9-6-15)20(27)16-7-10-30-13-16/h3-4,7,10-11,13,15,21H,5-6,8-9,12H2,1-2H3. The summed E-state index contributed by atoms with van der Waals surface area (Å²) in [6.07, 6.45) is 1.23. The Bertz CT molecular complexity index is 868. The fourth-order valence-electron chi connectivity index (χ4n) is 3.57. The first kappa shape index (κ1) is 22.0. The van der Waals surface area contributed by atoms with Crippen molar-refractivity contribution in [1.82, 2.24) is 9.80 Å². The molecule has 2 aromatic rings. The first-order valence-corrected chi connectivity index (χ1v) is 10.5. The number of nitrogens with zero attached hydrogens (tertiary/aromatic N) is 2. The van der Waals surface area contributed by atoms with Crippen LogP contribution in [0.4, 0.5) is 8.78 Å². The number of thiophene rings is 1. The third kappa shape index (κ3) is 5.27. The number of methoxy groups -OCH3 is 1. The van der Waals surface area contributed by atoms with Crippen LogP contribution in [0.25, 0.3) is 0 Å². The van der Waals surface area contributed by atoms with E-state index in [9.17, 15) is 18.4 Å². The summed E-state index contributed by atoms with van der Waals surface area (Å²) in [6, 6.07) is 6.44. The van der Waals surface area contributed by atoms with Crippen molar-refractivity contribution >= 4 is 23.2 Å². The molecule has 1 aliphatic rings. The SMILES string of the molecule is COc1cc(CN(C)C(=O)C2CCN(C(=O)c3ccsc3)CC2)ccc1OC(F)F. The summed E-state index contributed by atoms with van der Waals surface area (Å²) in [5.41, 5.74) is 1.43. The van der Waals surface area contributed by atoms with Crippen LogP contribution in [0.3, 0.4) is 0 Å². The summed E-state index contributed by atoms with van der Waals surface area (Å²) < 4.78 is 34.5. The predicted molar refractivity (Wildman–Crippen MR) is 109 cm³/mol. The Hall–Kier alpha value is -2.68. The maximum atomic E-state index is 12.8. The van der Waals surface area contributed by atoms with Crippen molar-refractivity contribution in [1.29, 1.82) is 0 Å². The highest BCUT2D eigenvalue weighted by atomic mass is 32.1. The van der Waals surface area contributed by atoms with E-state index in [1.165, 1.54) is 24.5 Å². The number of ether oxygens (including phenoxy) is 2. The smallest absolute Gasteiger partial charge is 0.387 e. The van der Waals surface area contributed by atoms with E-state index in [-0.39, 0.29) is 29.2 Å². The number of alkyl halides is 2. The molecule has 3 rings (SSSR count). The summed E-state index contributed by atoms with van der Waals surface area (Å²) in [7, 11) is 3.08. The molecule has 2 heterocycles. The third-order valence-electron chi connectivity index (χ3n) is 5.14. The van der Waals surface area contributed by atoms with Crippen LogP contribution >= 0.6 is 11.3 Å². The van der Waals surface area contributed by atoms with Gasteiger partial charge in [-0.05, 0) is 42.0 Å². The Morgan fingerprint density at radius 3 is 2.57 bits per heavy atom. The molecule has 1 saturated heterocycles. The molecule has 1 aliphatic heterocycles. The van der Waals surface area contributed by atoms with Crippen LogP contribution in [-0.4, -0.2) is 55.5 Å². The first-order valence-electron chi connectivity index (χ1n) is 9.57. The van der Waals surface area contributed by atoms with Crippen molar-refractivity contribution in [2.24, 2.45) is 5.92 Å². The second-order valence-corrected chi connectivity index (χ2v) is 7.92. The second-order valence-electron chi connectivity index (χ2n) is 7.14. The molecule has 0 saturated carbocycles. The van der Waals surface area contributed by atoms with Crippen LogP contribution in [0.1, 0.15) is 28.8 Å². The molecule has 2 amide bonds. The lowest BCUT2D eigenvalue weighted by Gasteiger charge is -2.33. The Kier molecular flexibility index (Phi) is 7.25. The zero-order valence-corrected chi connectivity index (χ0v) is 17.7. The molecular formula is C21H24F2N2O4S. The number of carbonyl (C=O) groups excluding carboxylic acids is 2. The number of likely N-dealkylation sites (tertiary alicyclic amines) is 1. The van der Waals surface area contributed by atoms with Gasteiger partial charge in [0.05, 0.1) is 12.7 Å². The zero-order valence-electron chi connectivity index (χ0n) is 16.8. The number of amides is 2. The largest absolute Gasteiger partial charge is 0.493 e. The molecule has 0 aliphatic carbocycles. The van der Waals surface area contributed by atoms with Gasteiger partial charge in [-0.1, -0.05) is 6.07 Å². The molecule has 9 heteroatoms. The topological polar surface area (TPSA) is 59.1 Å². The molecule has 0 unspecified atom stereocenters. The average Bonchev–Trinajstić information content (AvgIpc) is 3.28. The fraction of sp³-hybridized carbons (Fsp3) is 0.429. The van der Waals surface area contributed by atoms with Gasteiger partial charge in [-0.25, -0.2) is 0 Å². The van der Waals surface area contributed by atoms with Crippen molar-refractivity contribution in [2.45, 2.75) is 26.0 Å². The minimum atomic E-state index is -2.94. The lowest BCUT2D eigenvalue weighted by molar-refractivity contribution is -0.136. The van der Waals surface area contributed by atoms with Crippen LogP contribution < -0.4 is 9.47 Å². The molecular weight excluding hydrogens is 414 g/mol. The Balaban J connectivity index is 1.55. The third-order valence-corrected chi connectivity index (χ3v) is 5.82. The molecule has 6 nitrogen and oxygen atoms in total. The highest BCUT2D eigenvalue weighted by Gasteiger charge is 2.29. The van der Waals surface area contributed by atoms with Gasteiger partial charge in [-0.2, -0.15) is 20.1 Å². The van der Waals surface area contributed by atoms with E-state index in [0.717, 1.165) is 5.56 Å². The molecule has 162 valence electrons. The number of hydrogen-bond donors (Lipinski definition) is 0. The summed E-state index contributed by atoms with van der Waals surface area (Å²) in [6.45, 7) is -1.52. The molecule has 0 atom stereocenters. The van der Waals surface area contributed by atoms with Crippen LogP contribution in [0.2, 0.25) is 0 Å². The maximum absolute atomic E-state index is 12.8. The van der Waals surface area contributed by atoms with Gasteiger partial charge in [-0.15, -0.1) is 0 Å². The molecule has 0 N–H and O–H groups in total. The van der Waals surface area contributed by atoms with E-state index in [1.807, 2.05) is 16.8 Å². The summed E-state index contributed by atoms with van der Waals surface area (Å²) >= 11 is 1.49. The van der Waals surface area contributed by atoms with Gasteiger partial charge in [-0.3, -0.25) is 9.59 Å². The Morgan fingerprint density at radius 2 is 1.97 bits per heavy atom. The summed E-state index contributed by atoms with van der Waals surface area (Å²) in [5.74, 6) is 0.00450. The van der Waals surface area contributed by atoms with Gasteiger partial charge in [0, 0.05) is 38.0 Å². The lowest BCUT2D eigenvalue weighted by atomic mass is 9.95. The molecule has 1 fully saturated rings. The van der Waals surface area contributed by atoms with Crippen molar-refractivity contribution in [2.75, 3.05) is 27.2 Å². The summed E-state index contributed by atoms with van der Waals surface area (Å²) in [4.78, 5) is 28.7. The molecule has 0 bridgehead atoms. The Labute approximate surface area is 178 Å². The van der Waals surface area contributed by atoms with Gasteiger partial charge < -0.3 is 19.3 Å². The predicted octanol–water partition coefficient (Wildman–Crippen LogP) is 3.87. The van der Waals surface area contributed by atoms with E-state index in [2.05, 4.69) is 4.74 Å². The minimum absolute atomic E-state index is 0.00417. The van der Waals surface area contributed by atoms with Crippen molar-refractivity contribution in [3.05, 3.63) is 46.2 Å². The monoisotopic (exact) mass is 438 g/mol. The van der Waals surface area contributed by atoms with Gasteiger partial charge in [0.1, 0.15) is 0 Å². The van der Waals surface area contributed by atoms with E-state index >= 15 is 0 Å². The number of benzene rings is 1. The van der Waals surface area contributed by atoms with Crippen LogP contribution in [0.5, 0.6) is 11.5 Å². The van der Waals surface area contributed by atoms with Gasteiger partial charge in [0.2, 0.25) is 5.91 Å². The average molecular weight is 438 g/mol. The first-order chi connectivity index (χ1) is 14.4. The van der Waals surface area contributed by atoms with Gasteiger partial charge in [0.15, 0.2) is 11.5 Å². The minimum Gasteiger partial charge on any atom is -0.493 e. The van der Waals surface area contributed by atoms with Crippen LogP contribution in [0.15, 0.2) is 35.0 Å². The Morgan fingerprint density at radius 1 is 1.23 bits per heavy atom. The van der Waals surface area contributed by atoms with E-state index in [0.29, 0.717) is 38.0 Å². The highest BCUT2D eigenvalue weighted by Crippen LogP contribution is 2.30. The second kappa shape index (κ2) is 9.88. The number of rotatable bonds is 7. The fourth-order valence-corrected chi connectivity index (χ4v) is 4.20. The van der Waals surface area contributed by atoms with Crippen LogP contribution in [-0.2, 0) is 11.3 Å². The quantitative estimate of drug-likeness (QED) is 0.659. The van der Waals surface area contributed by atoms with Crippen molar-refractivity contribution in [3.8, 4) is 11.5 Å². The molecule has 1 aromatic carbocycles. The van der Waals surface area contributed by atoms with Gasteiger partial charge >= 0.3 is 6.61 Å².